The average molecular weight is 303 g/mol. The Labute approximate surface area is 122 Å². The van der Waals surface area contributed by atoms with E-state index in [2.05, 4.69) is 19.2 Å². The Bertz CT molecular complexity index is 454. The van der Waals surface area contributed by atoms with Gasteiger partial charge in [0.1, 0.15) is 12.7 Å². The molecule has 1 unspecified atom stereocenters. The van der Waals surface area contributed by atoms with Crippen molar-refractivity contribution in [3.63, 3.8) is 0 Å². The van der Waals surface area contributed by atoms with E-state index < -0.39 is 11.0 Å². The topological polar surface area (TPSA) is 84.6 Å². The minimum atomic E-state index is -0.760. The first-order chi connectivity index (χ1) is 9.41. The number of hydrogen-bond acceptors (Lipinski definition) is 5. The van der Waals surface area contributed by atoms with E-state index in [-0.39, 0.29) is 23.1 Å². The number of aliphatic hydroxyl groups is 1. The number of benzene rings is 1. The second-order valence-electron chi connectivity index (χ2n) is 4.86. The lowest BCUT2D eigenvalue weighted by molar-refractivity contribution is -0.385. The van der Waals surface area contributed by atoms with Gasteiger partial charge in [-0.2, -0.15) is 0 Å². The molecule has 6 nitrogen and oxygen atoms in total. The summed E-state index contributed by atoms with van der Waals surface area (Å²) in [4.78, 5) is 10.3. The molecule has 0 amide bonds. The zero-order valence-electron chi connectivity index (χ0n) is 11.5. The SMILES string of the molecule is CC(C)CNCC(O)COc1c(Cl)cccc1[N+](=O)[O-]. The predicted molar refractivity (Wildman–Crippen MR) is 77.3 cm³/mol. The van der Waals surface area contributed by atoms with Gasteiger partial charge in [0.2, 0.25) is 5.75 Å². The molecule has 0 aliphatic rings. The first-order valence-corrected chi connectivity index (χ1v) is 6.74. The molecular formula is C13H19ClN2O4. The lowest BCUT2D eigenvalue weighted by Gasteiger charge is -2.14. The molecule has 0 aromatic heterocycles. The summed E-state index contributed by atoms with van der Waals surface area (Å²) in [7, 11) is 0. The van der Waals surface area contributed by atoms with Crippen molar-refractivity contribution in [2.24, 2.45) is 5.92 Å². The van der Waals surface area contributed by atoms with Crippen LogP contribution in [0.25, 0.3) is 0 Å². The van der Waals surface area contributed by atoms with Crippen LogP contribution in [0.15, 0.2) is 18.2 Å². The lowest BCUT2D eigenvalue weighted by atomic mass is 10.2. The van der Waals surface area contributed by atoms with Crippen molar-refractivity contribution < 1.29 is 14.8 Å². The summed E-state index contributed by atoms with van der Waals surface area (Å²) in [5.74, 6) is 0.467. The fourth-order valence-electron chi connectivity index (χ4n) is 1.56. The molecular weight excluding hydrogens is 284 g/mol. The molecule has 0 aliphatic carbocycles. The Balaban J connectivity index is 2.55. The van der Waals surface area contributed by atoms with Gasteiger partial charge in [-0.05, 0) is 18.5 Å². The molecule has 20 heavy (non-hydrogen) atoms. The third-order valence-corrected chi connectivity index (χ3v) is 2.79. The highest BCUT2D eigenvalue weighted by Crippen LogP contribution is 2.34. The van der Waals surface area contributed by atoms with Gasteiger partial charge >= 0.3 is 5.69 Å². The largest absolute Gasteiger partial charge is 0.483 e. The number of hydrogen-bond donors (Lipinski definition) is 2. The van der Waals surface area contributed by atoms with E-state index >= 15 is 0 Å². The molecule has 0 bridgehead atoms. The highest BCUT2D eigenvalue weighted by atomic mass is 35.5. The molecule has 0 saturated carbocycles. The summed E-state index contributed by atoms with van der Waals surface area (Å²) in [5, 5.41) is 23.8. The molecule has 1 rings (SSSR count). The smallest absolute Gasteiger partial charge is 0.312 e. The van der Waals surface area contributed by atoms with Crippen molar-refractivity contribution in [1.82, 2.24) is 5.32 Å². The number of nitrogens with one attached hydrogen (secondary N) is 1. The van der Waals surface area contributed by atoms with Crippen molar-refractivity contribution in [1.29, 1.82) is 0 Å². The van der Waals surface area contributed by atoms with Crippen LogP contribution in [0.4, 0.5) is 5.69 Å². The molecule has 0 aliphatic heterocycles. The van der Waals surface area contributed by atoms with Crippen LogP contribution < -0.4 is 10.1 Å². The molecule has 112 valence electrons. The third-order valence-electron chi connectivity index (χ3n) is 2.50. The number of halogens is 1. The van der Waals surface area contributed by atoms with Gasteiger partial charge in [0, 0.05) is 12.6 Å². The maximum atomic E-state index is 10.9. The minimum Gasteiger partial charge on any atom is -0.483 e. The summed E-state index contributed by atoms with van der Waals surface area (Å²) in [6.07, 6.45) is -0.760. The Hall–Kier alpha value is -1.37. The van der Waals surface area contributed by atoms with Crippen molar-refractivity contribution in [3.05, 3.63) is 33.3 Å². The Morgan fingerprint density at radius 2 is 2.15 bits per heavy atom. The Morgan fingerprint density at radius 1 is 1.45 bits per heavy atom. The fourth-order valence-corrected chi connectivity index (χ4v) is 1.79. The maximum Gasteiger partial charge on any atom is 0.312 e. The number of nitro groups is 1. The normalized spacial score (nSPS) is 12.4. The van der Waals surface area contributed by atoms with Gasteiger partial charge in [0.15, 0.2) is 0 Å². The van der Waals surface area contributed by atoms with Crippen LogP contribution >= 0.6 is 11.6 Å². The van der Waals surface area contributed by atoms with Crippen LogP contribution in [0.1, 0.15) is 13.8 Å². The molecule has 1 aromatic carbocycles. The third kappa shape index (κ3) is 5.32. The number of rotatable bonds is 8. The maximum absolute atomic E-state index is 10.9. The van der Waals surface area contributed by atoms with Crippen LogP contribution in [-0.2, 0) is 0 Å². The number of para-hydroxylation sites is 1. The van der Waals surface area contributed by atoms with E-state index in [1.807, 2.05) is 0 Å². The van der Waals surface area contributed by atoms with Gasteiger partial charge in [0.25, 0.3) is 0 Å². The van der Waals surface area contributed by atoms with E-state index in [1.54, 1.807) is 0 Å². The summed E-state index contributed by atoms with van der Waals surface area (Å²) in [5.41, 5.74) is -0.208. The Kier molecular flexibility index (Phi) is 6.70. The first kappa shape index (κ1) is 16.7. The van der Waals surface area contributed by atoms with E-state index in [9.17, 15) is 15.2 Å². The van der Waals surface area contributed by atoms with Gasteiger partial charge in [-0.3, -0.25) is 10.1 Å². The zero-order chi connectivity index (χ0) is 15.1. The average Bonchev–Trinajstić information content (AvgIpc) is 2.36. The van der Waals surface area contributed by atoms with Gasteiger partial charge in [-0.25, -0.2) is 0 Å². The van der Waals surface area contributed by atoms with Crippen LogP contribution in [-0.4, -0.2) is 35.8 Å². The van der Waals surface area contributed by atoms with Gasteiger partial charge in [-0.15, -0.1) is 0 Å². The van der Waals surface area contributed by atoms with E-state index in [0.717, 1.165) is 6.54 Å². The van der Waals surface area contributed by atoms with Crippen molar-refractivity contribution in [3.8, 4) is 5.75 Å². The monoisotopic (exact) mass is 302 g/mol. The number of nitro benzene ring substituents is 1. The second kappa shape index (κ2) is 8.04. The Morgan fingerprint density at radius 3 is 2.75 bits per heavy atom. The molecule has 0 saturated heterocycles. The second-order valence-corrected chi connectivity index (χ2v) is 5.27. The number of nitrogens with zero attached hydrogens (tertiary/aromatic N) is 1. The van der Waals surface area contributed by atoms with Crippen molar-refractivity contribution >= 4 is 17.3 Å². The quantitative estimate of drug-likeness (QED) is 0.568. The van der Waals surface area contributed by atoms with Crippen LogP contribution in [0.2, 0.25) is 5.02 Å². The van der Waals surface area contributed by atoms with E-state index in [0.29, 0.717) is 12.5 Å². The summed E-state index contributed by atoms with van der Waals surface area (Å²) < 4.78 is 5.28. The highest BCUT2D eigenvalue weighted by Gasteiger charge is 2.19. The number of aliphatic hydroxyl groups excluding tert-OH is 1. The molecule has 1 aromatic rings. The van der Waals surface area contributed by atoms with Gasteiger partial charge in [-0.1, -0.05) is 31.5 Å². The highest BCUT2D eigenvalue weighted by molar-refractivity contribution is 6.32. The molecule has 0 fully saturated rings. The summed E-state index contributed by atoms with van der Waals surface area (Å²) >= 11 is 5.88. The molecule has 0 heterocycles. The van der Waals surface area contributed by atoms with E-state index in [4.69, 9.17) is 16.3 Å². The fraction of sp³-hybridized carbons (Fsp3) is 0.538. The van der Waals surface area contributed by atoms with Crippen molar-refractivity contribution in [2.45, 2.75) is 20.0 Å². The molecule has 2 N–H and O–H groups in total. The van der Waals surface area contributed by atoms with Gasteiger partial charge < -0.3 is 15.2 Å². The minimum absolute atomic E-state index is 0.0120. The summed E-state index contributed by atoms with van der Waals surface area (Å²) in [6.45, 7) is 5.20. The lowest BCUT2D eigenvalue weighted by Crippen LogP contribution is -2.33. The van der Waals surface area contributed by atoms with Gasteiger partial charge in [0.05, 0.1) is 9.95 Å². The van der Waals surface area contributed by atoms with Crippen LogP contribution in [0.3, 0.4) is 0 Å². The molecule has 1 atom stereocenters. The molecule has 7 heteroatoms. The summed E-state index contributed by atoms with van der Waals surface area (Å²) in [6, 6.07) is 4.30. The van der Waals surface area contributed by atoms with Crippen LogP contribution in [0, 0.1) is 16.0 Å². The predicted octanol–water partition coefficient (Wildman–Crippen LogP) is 2.23. The van der Waals surface area contributed by atoms with Crippen LogP contribution in [0.5, 0.6) is 5.75 Å². The van der Waals surface area contributed by atoms with Crippen molar-refractivity contribution in [2.75, 3.05) is 19.7 Å². The molecule has 0 spiro atoms. The molecule has 0 radical (unpaired) electrons. The van der Waals surface area contributed by atoms with E-state index in [1.165, 1.54) is 18.2 Å². The zero-order valence-corrected chi connectivity index (χ0v) is 12.3. The standard InChI is InChI=1S/C13H19ClN2O4/c1-9(2)6-15-7-10(17)8-20-13-11(14)4-3-5-12(13)16(18)19/h3-5,9-10,15,17H,6-8H2,1-2H3. The first-order valence-electron chi connectivity index (χ1n) is 6.36. The number of ether oxygens (including phenoxy) is 1.